The highest BCUT2D eigenvalue weighted by Crippen LogP contribution is 2.29. The van der Waals surface area contributed by atoms with Crippen molar-refractivity contribution < 1.29 is 0 Å². The lowest BCUT2D eigenvalue weighted by Gasteiger charge is -2.06. The topological polar surface area (TPSA) is 38.9 Å². The molecular weight excluding hydrogens is 212 g/mol. The average Bonchev–Trinajstić information content (AvgIpc) is 2.77. The molecule has 1 saturated carbocycles. The van der Waals surface area contributed by atoms with Crippen LogP contribution in [0.15, 0.2) is 6.20 Å². The van der Waals surface area contributed by atoms with Crippen LogP contribution in [0.1, 0.15) is 30.6 Å². The quantitative estimate of drug-likeness (QED) is 0.860. The SMILES string of the molecule is Nc1ncc(CSCC2CCCC2)s1. The van der Waals surface area contributed by atoms with Crippen LogP contribution in [-0.4, -0.2) is 10.7 Å². The summed E-state index contributed by atoms with van der Waals surface area (Å²) >= 11 is 3.65. The predicted octanol–water partition coefficient (Wildman–Crippen LogP) is 3.15. The first kappa shape index (κ1) is 10.3. The molecule has 0 bridgehead atoms. The van der Waals surface area contributed by atoms with Crippen LogP contribution < -0.4 is 5.73 Å². The molecule has 1 heterocycles. The fourth-order valence-corrected chi connectivity index (χ4v) is 3.92. The molecule has 0 saturated heterocycles. The first-order chi connectivity index (χ1) is 6.84. The molecule has 14 heavy (non-hydrogen) atoms. The van der Waals surface area contributed by atoms with Crippen LogP contribution in [0, 0.1) is 5.92 Å². The molecule has 0 aliphatic heterocycles. The Morgan fingerprint density at radius 3 is 2.93 bits per heavy atom. The van der Waals surface area contributed by atoms with Gasteiger partial charge in [0.05, 0.1) is 0 Å². The molecule has 1 aliphatic rings. The maximum absolute atomic E-state index is 5.57. The van der Waals surface area contributed by atoms with Crippen molar-refractivity contribution in [3.63, 3.8) is 0 Å². The van der Waals surface area contributed by atoms with Gasteiger partial charge in [-0.15, -0.1) is 11.3 Å². The number of rotatable bonds is 4. The zero-order valence-corrected chi connectivity index (χ0v) is 9.87. The lowest BCUT2D eigenvalue weighted by Crippen LogP contribution is -1.96. The Morgan fingerprint density at radius 1 is 1.50 bits per heavy atom. The third kappa shape index (κ3) is 2.89. The van der Waals surface area contributed by atoms with Crippen LogP contribution >= 0.6 is 23.1 Å². The first-order valence-corrected chi connectivity index (χ1v) is 7.09. The van der Waals surface area contributed by atoms with Gasteiger partial charge in [-0.05, 0) is 24.5 Å². The molecule has 0 amide bonds. The Bertz CT molecular complexity index is 279. The van der Waals surface area contributed by atoms with Crippen LogP contribution in [0.4, 0.5) is 5.13 Å². The van der Waals surface area contributed by atoms with Crippen molar-refractivity contribution in [2.45, 2.75) is 31.4 Å². The summed E-state index contributed by atoms with van der Waals surface area (Å²) in [6, 6.07) is 0. The summed E-state index contributed by atoms with van der Waals surface area (Å²) < 4.78 is 0. The molecule has 2 N–H and O–H groups in total. The van der Waals surface area contributed by atoms with E-state index in [-0.39, 0.29) is 0 Å². The van der Waals surface area contributed by atoms with E-state index in [0.717, 1.165) is 11.7 Å². The zero-order chi connectivity index (χ0) is 9.80. The van der Waals surface area contributed by atoms with Gasteiger partial charge in [0.1, 0.15) is 0 Å². The smallest absolute Gasteiger partial charge is 0.180 e. The van der Waals surface area contributed by atoms with E-state index in [1.165, 1.54) is 36.3 Å². The van der Waals surface area contributed by atoms with Crippen LogP contribution in [0.2, 0.25) is 0 Å². The third-order valence-electron chi connectivity index (χ3n) is 2.64. The van der Waals surface area contributed by atoms with Gasteiger partial charge in [-0.25, -0.2) is 4.98 Å². The number of nitrogens with two attached hydrogens (primary N) is 1. The monoisotopic (exact) mass is 228 g/mol. The van der Waals surface area contributed by atoms with E-state index in [9.17, 15) is 0 Å². The molecule has 0 radical (unpaired) electrons. The second kappa shape index (κ2) is 5.03. The molecule has 2 rings (SSSR count). The molecular formula is C10H16N2S2. The van der Waals surface area contributed by atoms with E-state index >= 15 is 0 Å². The van der Waals surface area contributed by atoms with Gasteiger partial charge in [-0.1, -0.05) is 12.8 Å². The Balaban J connectivity index is 1.67. The lowest BCUT2D eigenvalue weighted by molar-refractivity contribution is 0.623. The standard InChI is InChI=1S/C10H16N2S2/c11-10-12-5-9(14-10)7-13-6-8-3-1-2-4-8/h5,8H,1-4,6-7H2,(H2,11,12). The molecule has 0 spiro atoms. The fraction of sp³-hybridized carbons (Fsp3) is 0.700. The number of thioether (sulfide) groups is 1. The second-order valence-corrected chi connectivity index (χ2v) is 6.01. The Labute approximate surface area is 93.3 Å². The van der Waals surface area contributed by atoms with Crippen LogP contribution in [0.3, 0.4) is 0 Å². The minimum absolute atomic E-state index is 0.696. The zero-order valence-electron chi connectivity index (χ0n) is 8.24. The maximum Gasteiger partial charge on any atom is 0.180 e. The number of nitrogens with zero attached hydrogens (tertiary/aromatic N) is 1. The normalized spacial score (nSPS) is 17.7. The molecule has 78 valence electrons. The molecule has 4 heteroatoms. The number of aromatic nitrogens is 1. The number of anilines is 1. The van der Waals surface area contributed by atoms with Gasteiger partial charge >= 0.3 is 0 Å². The van der Waals surface area contributed by atoms with E-state index in [0.29, 0.717) is 5.13 Å². The minimum Gasteiger partial charge on any atom is -0.375 e. The molecule has 1 aromatic heterocycles. The van der Waals surface area contributed by atoms with Gasteiger partial charge in [0.25, 0.3) is 0 Å². The van der Waals surface area contributed by atoms with Crippen LogP contribution in [-0.2, 0) is 5.75 Å². The molecule has 0 atom stereocenters. The Kier molecular flexibility index (Phi) is 3.70. The number of hydrogen-bond acceptors (Lipinski definition) is 4. The largest absolute Gasteiger partial charge is 0.375 e. The second-order valence-electron chi connectivity index (χ2n) is 3.83. The molecule has 1 aliphatic carbocycles. The summed E-state index contributed by atoms with van der Waals surface area (Å²) in [7, 11) is 0. The van der Waals surface area contributed by atoms with Crippen molar-refractivity contribution in [3.8, 4) is 0 Å². The molecule has 1 aromatic rings. The van der Waals surface area contributed by atoms with Crippen LogP contribution in [0.5, 0.6) is 0 Å². The molecule has 1 fully saturated rings. The van der Waals surface area contributed by atoms with Crippen molar-refractivity contribution in [1.82, 2.24) is 4.98 Å². The third-order valence-corrected chi connectivity index (χ3v) is 4.88. The van der Waals surface area contributed by atoms with Gasteiger partial charge in [-0.3, -0.25) is 0 Å². The Morgan fingerprint density at radius 2 is 2.29 bits per heavy atom. The van der Waals surface area contributed by atoms with Crippen molar-refractivity contribution in [2.24, 2.45) is 5.92 Å². The highest BCUT2D eigenvalue weighted by atomic mass is 32.2. The number of nitrogen functional groups attached to an aromatic ring is 1. The molecule has 2 nitrogen and oxygen atoms in total. The number of hydrogen-bond donors (Lipinski definition) is 1. The highest BCUT2D eigenvalue weighted by Gasteiger charge is 2.14. The number of thiazole rings is 1. The predicted molar refractivity (Wildman–Crippen MR) is 64.6 cm³/mol. The fourth-order valence-electron chi connectivity index (χ4n) is 1.89. The van der Waals surface area contributed by atoms with E-state index in [1.54, 1.807) is 11.3 Å². The van der Waals surface area contributed by atoms with E-state index < -0.39 is 0 Å². The van der Waals surface area contributed by atoms with Crippen molar-refractivity contribution in [3.05, 3.63) is 11.1 Å². The van der Waals surface area contributed by atoms with Gasteiger partial charge in [0.2, 0.25) is 0 Å². The Hall–Kier alpha value is -0.220. The van der Waals surface area contributed by atoms with E-state index in [1.807, 2.05) is 18.0 Å². The summed E-state index contributed by atoms with van der Waals surface area (Å²) in [5.74, 6) is 3.38. The van der Waals surface area contributed by atoms with Gasteiger partial charge in [0, 0.05) is 16.8 Å². The van der Waals surface area contributed by atoms with Crippen LogP contribution in [0.25, 0.3) is 0 Å². The summed E-state index contributed by atoms with van der Waals surface area (Å²) in [4.78, 5) is 5.36. The van der Waals surface area contributed by atoms with E-state index in [4.69, 9.17) is 5.73 Å². The summed E-state index contributed by atoms with van der Waals surface area (Å²) in [6.07, 6.45) is 7.68. The van der Waals surface area contributed by atoms with Gasteiger partial charge < -0.3 is 5.73 Å². The van der Waals surface area contributed by atoms with Gasteiger partial charge in [0.15, 0.2) is 5.13 Å². The maximum atomic E-state index is 5.57. The average molecular weight is 228 g/mol. The molecule has 0 unspecified atom stereocenters. The summed E-state index contributed by atoms with van der Waals surface area (Å²) in [6.45, 7) is 0. The van der Waals surface area contributed by atoms with E-state index in [2.05, 4.69) is 4.98 Å². The van der Waals surface area contributed by atoms with Crippen molar-refractivity contribution in [2.75, 3.05) is 11.5 Å². The van der Waals surface area contributed by atoms with Gasteiger partial charge in [-0.2, -0.15) is 11.8 Å². The minimum atomic E-state index is 0.696. The van der Waals surface area contributed by atoms with Crippen molar-refractivity contribution in [1.29, 1.82) is 0 Å². The van der Waals surface area contributed by atoms with Crippen molar-refractivity contribution >= 4 is 28.2 Å². The summed E-state index contributed by atoms with van der Waals surface area (Å²) in [5.41, 5.74) is 5.57. The highest BCUT2D eigenvalue weighted by molar-refractivity contribution is 7.98. The molecule has 0 aromatic carbocycles. The first-order valence-electron chi connectivity index (χ1n) is 5.12. The lowest BCUT2D eigenvalue weighted by atomic mass is 10.1. The summed E-state index contributed by atoms with van der Waals surface area (Å²) in [5, 5.41) is 0.696.